The Balaban J connectivity index is 1.52. The third kappa shape index (κ3) is 7.29. The second-order valence-electron chi connectivity index (χ2n) is 6.37. The monoisotopic (exact) mass is 336 g/mol. The smallest absolute Gasteiger partial charge is 0.226 e. The van der Waals surface area contributed by atoms with Crippen LogP contribution in [0.1, 0.15) is 50.2 Å². The van der Waals surface area contributed by atoms with Crippen molar-refractivity contribution in [1.82, 2.24) is 25.7 Å². The lowest BCUT2D eigenvalue weighted by atomic mass is 10.2. The van der Waals surface area contributed by atoms with Gasteiger partial charge in [-0.3, -0.25) is 4.99 Å². The average molecular weight is 336 g/mol. The number of rotatable bonds is 8. The molecule has 7 heteroatoms. The zero-order chi connectivity index (χ0) is 17.0. The van der Waals surface area contributed by atoms with Gasteiger partial charge in [-0.05, 0) is 52.2 Å². The molecular weight excluding hydrogens is 304 g/mol. The molecule has 2 N–H and O–H groups in total. The summed E-state index contributed by atoms with van der Waals surface area (Å²) in [7, 11) is 1.81. The maximum absolute atomic E-state index is 5.10. The first-order chi connectivity index (χ1) is 11.8. The molecule has 0 bridgehead atoms. The van der Waals surface area contributed by atoms with Gasteiger partial charge in [0.2, 0.25) is 5.89 Å². The summed E-state index contributed by atoms with van der Waals surface area (Å²) in [5.74, 6) is 2.27. The van der Waals surface area contributed by atoms with E-state index in [9.17, 15) is 0 Å². The van der Waals surface area contributed by atoms with Crippen molar-refractivity contribution < 1.29 is 4.52 Å². The van der Waals surface area contributed by atoms with Crippen LogP contribution in [0.4, 0.5) is 0 Å². The fraction of sp³-hybridized carbons (Fsp3) is 0.824. The van der Waals surface area contributed by atoms with Gasteiger partial charge in [-0.25, -0.2) is 0 Å². The van der Waals surface area contributed by atoms with Crippen LogP contribution in [0, 0.1) is 6.92 Å². The number of aromatic nitrogens is 2. The lowest BCUT2D eigenvalue weighted by Crippen LogP contribution is -2.39. The van der Waals surface area contributed by atoms with Gasteiger partial charge in [0.25, 0.3) is 0 Å². The van der Waals surface area contributed by atoms with Gasteiger partial charge < -0.3 is 20.1 Å². The van der Waals surface area contributed by atoms with E-state index < -0.39 is 0 Å². The SMILES string of the molecule is CN=C(NCCCc1nc(C)no1)NCCCN1CCCCCC1. The molecule has 136 valence electrons. The lowest BCUT2D eigenvalue weighted by Gasteiger charge is -2.20. The number of guanidine groups is 1. The standard InChI is InChI=1S/C17H32N6O/c1-15-21-16(24-22-15)9-7-10-19-17(18-2)20-11-8-14-23-12-5-3-4-6-13-23/h3-14H2,1-2H3,(H2,18,19,20). The van der Waals surface area contributed by atoms with Gasteiger partial charge in [-0.1, -0.05) is 18.0 Å². The quantitative estimate of drug-likeness (QED) is 0.428. The fourth-order valence-corrected chi connectivity index (χ4v) is 2.98. The molecule has 0 atom stereocenters. The van der Waals surface area contributed by atoms with Crippen LogP contribution in [-0.2, 0) is 6.42 Å². The molecule has 1 aliphatic rings. The number of hydrogen-bond acceptors (Lipinski definition) is 5. The summed E-state index contributed by atoms with van der Waals surface area (Å²) in [4.78, 5) is 11.1. The van der Waals surface area contributed by atoms with Crippen LogP contribution in [-0.4, -0.2) is 60.8 Å². The second-order valence-corrected chi connectivity index (χ2v) is 6.37. The first-order valence-corrected chi connectivity index (χ1v) is 9.24. The van der Waals surface area contributed by atoms with Crippen molar-refractivity contribution in [2.24, 2.45) is 4.99 Å². The first kappa shape index (κ1) is 18.7. The summed E-state index contributed by atoms with van der Waals surface area (Å²) in [5.41, 5.74) is 0. The van der Waals surface area contributed by atoms with Crippen LogP contribution >= 0.6 is 0 Å². The Morgan fingerprint density at radius 2 is 1.83 bits per heavy atom. The number of nitrogens with zero attached hydrogens (tertiary/aromatic N) is 4. The molecule has 0 unspecified atom stereocenters. The summed E-state index contributed by atoms with van der Waals surface area (Å²) in [6.45, 7) is 7.35. The molecule has 0 radical (unpaired) electrons. The van der Waals surface area contributed by atoms with E-state index in [1.54, 1.807) is 0 Å². The predicted molar refractivity (Wildman–Crippen MR) is 96.2 cm³/mol. The number of aliphatic imine (C=N–C) groups is 1. The van der Waals surface area contributed by atoms with Crippen molar-refractivity contribution in [2.45, 2.75) is 51.9 Å². The molecular formula is C17H32N6O. The van der Waals surface area contributed by atoms with Crippen LogP contribution in [0.3, 0.4) is 0 Å². The molecule has 24 heavy (non-hydrogen) atoms. The van der Waals surface area contributed by atoms with Crippen LogP contribution in [0.5, 0.6) is 0 Å². The minimum atomic E-state index is 0.694. The van der Waals surface area contributed by atoms with Crippen LogP contribution in [0.15, 0.2) is 9.52 Å². The molecule has 1 fully saturated rings. The molecule has 0 aromatic carbocycles. The zero-order valence-corrected chi connectivity index (χ0v) is 15.2. The minimum Gasteiger partial charge on any atom is -0.356 e. The van der Waals surface area contributed by atoms with Gasteiger partial charge in [0.15, 0.2) is 11.8 Å². The second kappa shape index (κ2) is 11.0. The van der Waals surface area contributed by atoms with Crippen molar-refractivity contribution in [3.05, 3.63) is 11.7 Å². The molecule has 1 aromatic rings. The highest BCUT2D eigenvalue weighted by Crippen LogP contribution is 2.09. The lowest BCUT2D eigenvalue weighted by molar-refractivity contribution is 0.282. The van der Waals surface area contributed by atoms with E-state index in [4.69, 9.17) is 4.52 Å². The highest BCUT2D eigenvalue weighted by molar-refractivity contribution is 5.79. The summed E-state index contributed by atoms with van der Waals surface area (Å²) >= 11 is 0. The first-order valence-electron chi connectivity index (χ1n) is 9.24. The fourth-order valence-electron chi connectivity index (χ4n) is 2.98. The third-order valence-electron chi connectivity index (χ3n) is 4.30. The predicted octanol–water partition coefficient (Wildman–Crippen LogP) is 1.74. The topological polar surface area (TPSA) is 78.6 Å². The molecule has 2 heterocycles. The van der Waals surface area contributed by atoms with E-state index in [2.05, 4.69) is 30.7 Å². The van der Waals surface area contributed by atoms with E-state index in [0.717, 1.165) is 38.3 Å². The van der Waals surface area contributed by atoms with Crippen LogP contribution in [0.2, 0.25) is 0 Å². The Hall–Kier alpha value is -1.63. The van der Waals surface area contributed by atoms with Gasteiger partial charge in [0.05, 0.1) is 0 Å². The highest BCUT2D eigenvalue weighted by atomic mass is 16.5. The van der Waals surface area contributed by atoms with Crippen molar-refractivity contribution in [3.63, 3.8) is 0 Å². The molecule has 0 saturated carbocycles. The van der Waals surface area contributed by atoms with Gasteiger partial charge in [-0.15, -0.1) is 0 Å². The third-order valence-corrected chi connectivity index (χ3v) is 4.30. The largest absolute Gasteiger partial charge is 0.356 e. The summed E-state index contributed by atoms with van der Waals surface area (Å²) in [5, 5.41) is 10.5. The Labute approximate surface area is 145 Å². The molecule has 0 amide bonds. The Morgan fingerprint density at radius 1 is 1.12 bits per heavy atom. The van der Waals surface area contributed by atoms with E-state index in [-0.39, 0.29) is 0 Å². The zero-order valence-electron chi connectivity index (χ0n) is 15.2. The minimum absolute atomic E-state index is 0.694. The van der Waals surface area contributed by atoms with Crippen LogP contribution < -0.4 is 10.6 Å². The Kier molecular flexibility index (Phi) is 8.59. The van der Waals surface area contributed by atoms with E-state index in [0.29, 0.717) is 11.7 Å². The van der Waals surface area contributed by atoms with Gasteiger partial charge >= 0.3 is 0 Å². The van der Waals surface area contributed by atoms with Crippen molar-refractivity contribution >= 4 is 5.96 Å². The van der Waals surface area contributed by atoms with E-state index >= 15 is 0 Å². The number of aryl methyl sites for hydroxylation is 2. The molecule has 1 saturated heterocycles. The maximum atomic E-state index is 5.10. The van der Waals surface area contributed by atoms with Gasteiger partial charge in [0.1, 0.15) is 0 Å². The van der Waals surface area contributed by atoms with Crippen molar-refractivity contribution in [3.8, 4) is 0 Å². The molecule has 2 rings (SSSR count). The average Bonchev–Trinajstić information content (AvgIpc) is 2.84. The van der Waals surface area contributed by atoms with E-state index in [1.165, 1.54) is 45.3 Å². The number of likely N-dealkylation sites (tertiary alicyclic amines) is 1. The summed E-state index contributed by atoms with van der Waals surface area (Å²) in [6, 6.07) is 0. The van der Waals surface area contributed by atoms with Crippen LogP contribution in [0.25, 0.3) is 0 Å². The van der Waals surface area contributed by atoms with Gasteiger partial charge in [0, 0.05) is 26.6 Å². The molecule has 7 nitrogen and oxygen atoms in total. The molecule has 1 aromatic heterocycles. The van der Waals surface area contributed by atoms with Crippen molar-refractivity contribution in [2.75, 3.05) is 39.8 Å². The summed E-state index contributed by atoms with van der Waals surface area (Å²) in [6.07, 6.45) is 8.40. The number of hydrogen-bond donors (Lipinski definition) is 2. The van der Waals surface area contributed by atoms with Crippen molar-refractivity contribution in [1.29, 1.82) is 0 Å². The molecule has 0 spiro atoms. The van der Waals surface area contributed by atoms with Gasteiger partial charge in [-0.2, -0.15) is 4.98 Å². The Morgan fingerprint density at radius 3 is 2.46 bits per heavy atom. The maximum Gasteiger partial charge on any atom is 0.226 e. The number of nitrogens with one attached hydrogen (secondary N) is 2. The summed E-state index contributed by atoms with van der Waals surface area (Å²) < 4.78 is 5.10. The molecule has 0 aliphatic carbocycles. The molecule has 1 aliphatic heterocycles. The normalized spacial score (nSPS) is 16.8. The van der Waals surface area contributed by atoms with E-state index in [1.807, 2.05) is 14.0 Å². The Bertz CT molecular complexity index is 479. The highest BCUT2D eigenvalue weighted by Gasteiger charge is 2.08.